The number of H-pyrrole nitrogens is 1. The number of rotatable bonds is 8. The van der Waals surface area contributed by atoms with Crippen molar-refractivity contribution in [3.63, 3.8) is 0 Å². The number of aromatic nitrogens is 1. The maximum atomic E-state index is 12.9. The second-order valence-corrected chi connectivity index (χ2v) is 8.83. The summed E-state index contributed by atoms with van der Waals surface area (Å²) in [4.78, 5) is 27.6. The average Bonchev–Trinajstić information content (AvgIpc) is 3.17. The molecule has 2 aromatic carbocycles. The van der Waals surface area contributed by atoms with Crippen molar-refractivity contribution >= 4 is 107 Å². The normalized spacial score (nSPS) is 12.9. The quantitative estimate of drug-likeness (QED) is 0.239. The Morgan fingerprint density at radius 2 is 1.43 bits per heavy atom. The summed E-state index contributed by atoms with van der Waals surface area (Å²) in [6.45, 7) is 1.37. The summed E-state index contributed by atoms with van der Waals surface area (Å²) in [5.41, 5.74) is 1.23. The van der Waals surface area contributed by atoms with E-state index in [1.807, 2.05) is 0 Å². The third-order valence-electron chi connectivity index (χ3n) is 5.56. The SMILES string of the molecule is [B]C([B])([B])N(C([B])([B])[B])C([B])([B])C([B])([B])c1c[nH]c2cccc(OC(=O)c3ccc(NC(C)=O)cc3)c12. The minimum Gasteiger partial charge on any atom is -0.422 e. The van der Waals surface area contributed by atoms with Crippen molar-refractivity contribution < 1.29 is 14.3 Å². The molecule has 1 heterocycles. The van der Waals surface area contributed by atoms with Crippen LogP contribution in [0, 0.1) is 0 Å². The number of benzene rings is 2. The number of hydrogen-bond donors (Lipinski definition) is 2. The summed E-state index contributed by atoms with van der Waals surface area (Å²) >= 11 is 0. The first kappa shape index (κ1) is 29.1. The molecule has 0 saturated carbocycles. The number of hydrogen-bond acceptors (Lipinski definition) is 4. The fourth-order valence-corrected chi connectivity index (χ4v) is 3.99. The molecule has 3 aromatic rings. The molecule has 0 atom stereocenters. The Labute approximate surface area is 229 Å². The van der Waals surface area contributed by atoms with E-state index in [9.17, 15) is 9.59 Å². The number of nitrogens with one attached hydrogen (secondary N) is 2. The number of fused-ring (bicyclic) bond motifs is 1. The van der Waals surface area contributed by atoms with Crippen LogP contribution in [0.4, 0.5) is 5.69 Å². The monoisotopic (exact) mass is 465 g/mol. The lowest BCUT2D eigenvalue weighted by Gasteiger charge is -2.64. The molecule has 0 bridgehead atoms. The predicted molar refractivity (Wildman–Crippen MR) is 153 cm³/mol. The maximum Gasteiger partial charge on any atom is 0.343 e. The summed E-state index contributed by atoms with van der Waals surface area (Å²) in [5.74, 6) is -0.904. The van der Waals surface area contributed by atoms with Gasteiger partial charge < -0.3 is 19.9 Å². The lowest BCUT2D eigenvalue weighted by atomic mass is 9.27. The Bertz CT molecular complexity index is 1300. The van der Waals surface area contributed by atoms with Gasteiger partial charge >= 0.3 is 5.97 Å². The zero-order chi connectivity index (χ0) is 28.0. The van der Waals surface area contributed by atoms with Crippen molar-refractivity contribution in [3.8, 4) is 5.75 Å². The minimum atomic E-state index is -2.46. The number of esters is 1. The molecule has 0 saturated heterocycles. The number of anilines is 1. The third kappa shape index (κ3) is 5.84. The van der Waals surface area contributed by atoms with Gasteiger partial charge in [-0.2, -0.15) is 0 Å². The molecule has 0 aliphatic heterocycles. The number of ether oxygens (including phenoxy) is 1. The van der Waals surface area contributed by atoms with Gasteiger partial charge in [-0.05, 0) is 42.0 Å². The minimum absolute atomic E-state index is 0.0614. The van der Waals surface area contributed by atoms with E-state index in [2.05, 4.69) is 10.3 Å². The van der Waals surface area contributed by atoms with Gasteiger partial charge in [-0.25, -0.2) is 4.79 Å². The number of carbonyl (C=O) groups is 2. The van der Waals surface area contributed by atoms with Gasteiger partial charge in [0, 0.05) is 29.7 Å². The predicted octanol–water partition coefficient (Wildman–Crippen LogP) is -1.64. The highest BCUT2D eigenvalue weighted by molar-refractivity contribution is 6.65. The lowest BCUT2D eigenvalue weighted by Crippen LogP contribution is -2.78. The summed E-state index contributed by atoms with van der Waals surface area (Å²) in [6.07, 6.45) is 1.40. The fraction of sp³-hybridized carbons (Fsp3) is 0.238. The zero-order valence-electron chi connectivity index (χ0n) is 20.1. The lowest BCUT2D eigenvalue weighted by molar-refractivity contribution is -0.114. The number of aromatic amines is 1. The molecule has 3 rings (SSSR count). The Kier molecular flexibility index (Phi) is 7.87. The first-order valence-electron chi connectivity index (χ1n) is 10.8. The Morgan fingerprint density at radius 1 is 0.865 bits per heavy atom. The molecule has 0 fully saturated rings. The molecule has 1 aromatic heterocycles. The van der Waals surface area contributed by atoms with Crippen LogP contribution in [-0.4, -0.2) is 116 Å². The van der Waals surface area contributed by atoms with Gasteiger partial charge in [0.2, 0.25) is 5.91 Å². The fourth-order valence-electron chi connectivity index (χ4n) is 3.99. The highest BCUT2D eigenvalue weighted by Gasteiger charge is 2.47. The largest absolute Gasteiger partial charge is 0.422 e. The number of nitrogens with zero attached hydrogens (tertiary/aromatic N) is 1. The van der Waals surface area contributed by atoms with Crippen molar-refractivity contribution in [2.45, 2.75) is 27.9 Å². The molecule has 2 N–H and O–H groups in total. The van der Waals surface area contributed by atoms with E-state index in [0.29, 0.717) is 16.1 Å². The van der Waals surface area contributed by atoms with Crippen LogP contribution in [0.15, 0.2) is 48.7 Å². The summed E-state index contributed by atoms with van der Waals surface area (Å²) in [7, 11) is 60.2. The number of carbonyl (C=O) groups excluding carboxylic acids is 2. The number of amides is 1. The van der Waals surface area contributed by atoms with Crippen LogP contribution in [0.5, 0.6) is 5.75 Å². The van der Waals surface area contributed by atoms with E-state index in [4.69, 9.17) is 83.2 Å². The molecule has 0 spiro atoms. The van der Waals surface area contributed by atoms with Gasteiger partial charge in [-0.3, -0.25) is 4.79 Å². The standard InChI is InChI=1S/C21H13B10N3O3/c1-10(35)33-12-7-5-11(6-8-12)17(36)37-15-4-2-3-14-16(15)13(9-32-14)18(22,23)19(24,25)34(20(26,27)28)21(29,30)31/h2-9,32H,1H3,(H,33,35). The zero-order valence-corrected chi connectivity index (χ0v) is 20.1. The first-order chi connectivity index (χ1) is 16.9. The molecule has 6 nitrogen and oxygen atoms in total. The second kappa shape index (κ2) is 10.0. The van der Waals surface area contributed by atoms with Crippen LogP contribution in [0.3, 0.4) is 0 Å². The Hall–Kier alpha value is -2.47. The third-order valence-corrected chi connectivity index (χ3v) is 5.56. The summed E-state index contributed by atoms with van der Waals surface area (Å²) < 4.78 is 5.64. The Morgan fingerprint density at radius 3 is 1.95 bits per heavy atom. The molecule has 16 heteroatoms. The molecule has 0 aliphatic carbocycles. The molecular weight excluding hydrogens is 450 g/mol. The highest BCUT2D eigenvalue weighted by atomic mass is 16.5. The average molecular weight is 463 g/mol. The van der Waals surface area contributed by atoms with Crippen molar-refractivity contribution in [2.24, 2.45) is 0 Å². The van der Waals surface area contributed by atoms with Gasteiger partial charge in [0.15, 0.2) is 0 Å². The van der Waals surface area contributed by atoms with Crippen LogP contribution >= 0.6 is 0 Å². The van der Waals surface area contributed by atoms with Crippen molar-refractivity contribution in [2.75, 3.05) is 5.32 Å². The summed E-state index contributed by atoms with van der Waals surface area (Å²) in [5, 5.41) is -6.58. The molecule has 1 amide bonds. The van der Waals surface area contributed by atoms with Crippen LogP contribution in [0.25, 0.3) is 10.9 Å². The first-order valence-corrected chi connectivity index (χ1v) is 10.8. The van der Waals surface area contributed by atoms with Gasteiger partial charge in [-0.1, -0.05) is 27.1 Å². The van der Waals surface area contributed by atoms with Gasteiger partial charge in [0.25, 0.3) is 0 Å². The van der Waals surface area contributed by atoms with E-state index in [1.165, 1.54) is 31.3 Å². The maximum absolute atomic E-state index is 12.9. The van der Waals surface area contributed by atoms with Gasteiger partial charge in [-0.15, -0.1) is 0 Å². The van der Waals surface area contributed by atoms with E-state index in [1.54, 1.807) is 24.3 Å². The van der Waals surface area contributed by atoms with Crippen molar-refractivity contribution in [1.29, 1.82) is 0 Å². The van der Waals surface area contributed by atoms with E-state index in [0.717, 1.165) is 0 Å². The summed E-state index contributed by atoms with van der Waals surface area (Å²) in [6, 6.07) is 10.9. The molecule has 0 aliphatic rings. The van der Waals surface area contributed by atoms with E-state index < -0.39 is 27.0 Å². The molecule has 160 valence electrons. The van der Waals surface area contributed by atoms with Crippen LogP contribution < -0.4 is 10.1 Å². The van der Waals surface area contributed by atoms with Crippen molar-refractivity contribution in [3.05, 3.63) is 59.8 Å². The van der Waals surface area contributed by atoms with Gasteiger partial charge in [0.05, 0.1) is 84.0 Å². The Balaban J connectivity index is 2.05. The highest BCUT2D eigenvalue weighted by Crippen LogP contribution is 2.41. The van der Waals surface area contributed by atoms with Crippen LogP contribution in [0.2, 0.25) is 0 Å². The molecule has 37 heavy (non-hydrogen) atoms. The topological polar surface area (TPSA) is 74.4 Å². The van der Waals surface area contributed by atoms with Crippen LogP contribution in [0.1, 0.15) is 22.8 Å². The van der Waals surface area contributed by atoms with E-state index >= 15 is 0 Å². The van der Waals surface area contributed by atoms with E-state index in [-0.39, 0.29) is 28.2 Å². The molecule has 20 radical (unpaired) electrons. The van der Waals surface area contributed by atoms with Crippen molar-refractivity contribution in [1.82, 2.24) is 9.88 Å². The molecular formula is C21H13B10N3O3. The van der Waals surface area contributed by atoms with Crippen LogP contribution in [-0.2, 0) is 10.0 Å². The van der Waals surface area contributed by atoms with Gasteiger partial charge in [0.1, 0.15) is 5.75 Å². The molecule has 0 unspecified atom stereocenters. The second-order valence-electron chi connectivity index (χ2n) is 8.83. The smallest absolute Gasteiger partial charge is 0.343 e.